The standard InChI is InChI=1S/C10H11BN2O2/c12-7-10(4-1-5-10)9-3-2-8(6-13-9)11(14)15/h2-3,6,14-15H,1,4-5H2. The van der Waals surface area contributed by atoms with Crippen molar-refractivity contribution in [3.8, 4) is 6.07 Å². The number of aromatic nitrogens is 1. The summed E-state index contributed by atoms with van der Waals surface area (Å²) in [6, 6.07) is 5.60. The Labute approximate surface area is 88.3 Å². The largest absolute Gasteiger partial charge is 0.490 e. The van der Waals surface area contributed by atoms with Crippen molar-refractivity contribution < 1.29 is 10.0 Å². The van der Waals surface area contributed by atoms with Crippen LogP contribution >= 0.6 is 0 Å². The van der Waals surface area contributed by atoms with Crippen molar-refractivity contribution in [2.45, 2.75) is 24.7 Å². The lowest BCUT2D eigenvalue weighted by molar-refractivity contribution is 0.316. The second-order valence-corrected chi connectivity index (χ2v) is 3.90. The SMILES string of the molecule is N#CC1(c2ccc(B(O)O)cn2)CCC1. The molecule has 1 aromatic rings. The quantitative estimate of drug-likeness (QED) is 0.645. The molecule has 1 aliphatic rings. The number of hydrogen-bond donors (Lipinski definition) is 2. The molecule has 0 aromatic carbocycles. The molecule has 1 aliphatic carbocycles. The Balaban J connectivity index is 2.28. The summed E-state index contributed by atoms with van der Waals surface area (Å²) in [5, 5.41) is 26.9. The zero-order valence-corrected chi connectivity index (χ0v) is 8.22. The Morgan fingerprint density at radius 2 is 2.13 bits per heavy atom. The summed E-state index contributed by atoms with van der Waals surface area (Å²) in [7, 11) is -1.49. The van der Waals surface area contributed by atoms with Gasteiger partial charge >= 0.3 is 7.12 Å². The van der Waals surface area contributed by atoms with Gasteiger partial charge in [0.05, 0.1) is 17.2 Å². The molecule has 0 spiro atoms. The minimum Gasteiger partial charge on any atom is -0.423 e. The smallest absolute Gasteiger partial charge is 0.423 e. The van der Waals surface area contributed by atoms with Crippen LogP contribution in [-0.4, -0.2) is 22.2 Å². The van der Waals surface area contributed by atoms with Gasteiger partial charge in [-0.1, -0.05) is 6.07 Å². The minimum atomic E-state index is -1.49. The molecule has 1 saturated carbocycles. The summed E-state index contributed by atoms with van der Waals surface area (Å²) < 4.78 is 0. The van der Waals surface area contributed by atoms with E-state index in [1.807, 2.05) is 0 Å². The van der Waals surface area contributed by atoms with Crippen molar-refractivity contribution in [3.63, 3.8) is 0 Å². The fourth-order valence-electron chi connectivity index (χ4n) is 1.80. The van der Waals surface area contributed by atoms with E-state index in [0.717, 1.165) is 25.0 Å². The van der Waals surface area contributed by atoms with Crippen molar-refractivity contribution in [2.75, 3.05) is 0 Å². The highest BCUT2D eigenvalue weighted by Crippen LogP contribution is 2.41. The molecule has 1 aromatic heterocycles. The van der Waals surface area contributed by atoms with Gasteiger partial charge in [-0.05, 0) is 25.3 Å². The van der Waals surface area contributed by atoms with Crippen LogP contribution in [0.1, 0.15) is 25.0 Å². The van der Waals surface area contributed by atoms with Gasteiger partial charge in [-0.15, -0.1) is 0 Å². The molecule has 0 unspecified atom stereocenters. The summed E-state index contributed by atoms with van der Waals surface area (Å²) in [5.74, 6) is 0. The molecule has 1 heterocycles. The first-order valence-corrected chi connectivity index (χ1v) is 4.92. The van der Waals surface area contributed by atoms with E-state index in [9.17, 15) is 0 Å². The van der Waals surface area contributed by atoms with Crippen molar-refractivity contribution >= 4 is 12.6 Å². The predicted octanol–water partition coefficient (Wildman–Crippen LogP) is -0.293. The van der Waals surface area contributed by atoms with E-state index in [0.29, 0.717) is 5.46 Å². The van der Waals surface area contributed by atoms with Gasteiger partial charge in [0.15, 0.2) is 0 Å². The van der Waals surface area contributed by atoms with Crippen LogP contribution in [0, 0.1) is 11.3 Å². The molecular formula is C10H11BN2O2. The molecular weight excluding hydrogens is 191 g/mol. The van der Waals surface area contributed by atoms with Crippen LogP contribution in [0.15, 0.2) is 18.3 Å². The van der Waals surface area contributed by atoms with Crippen molar-refractivity contribution in [3.05, 3.63) is 24.0 Å². The van der Waals surface area contributed by atoms with E-state index < -0.39 is 12.5 Å². The van der Waals surface area contributed by atoms with E-state index in [1.165, 1.54) is 6.20 Å². The summed E-state index contributed by atoms with van der Waals surface area (Å²) in [6.07, 6.45) is 4.16. The Kier molecular flexibility index (Phi) is 2.47. The first-order valence-electron chi connectivity index (χ1n) is 4.92. The Morgan fingerprint density at radius 1 is 1.40 bits per heavy atom. The first-order chi connectivity index (χ1) is 7.18. The van der Waals surface area contributed by atoms with Gasteiger partial charge in [0.1, 0.15) is 0 Å². The van der Waals surface area contributed by atoms with Gasteiger partial charge in [-0.3, -0.25) is 4.98 Å². The first kappa shape index (κ1) is 10.2. The normalized spacial score (nSPS) is 17.7. The van der Waals surface area contributed by atoms with E-state index in [1.54, 1.807) is 12.1 Å². The van der Waals surface area contributed by atoms with Crippen LogP contribution in [-0.2, 0) is 5.41 Å². The average Bonchev–Trinajstić information content (AvgIpc) is 2.18. The molecule has 0 atom stereocenters. The maximum absolute atomic E-state index is 9.08. The molecule has 0 radical (unpaired) electrons. The Morgan fingerprint density at radius 3 is 2.47 bits per heavy atom. The molecule has 0 amide bonds. The van der Waals surface area contributed by atoms with Gasteiger partial charge in [0, 0.05) is 11.7 Å². The number of pyridine rings is 1. The molecule has 5 heteroatoms. The second kappa shape index (κ2) is 3.65. The van der Waals surface area contributed by atoms with E-state index in [2.05, 4.69) is 11.1 Å². The minimum absolute atomic E-state index is 0.353. The van der Waals surface area contributed by atoms with E-state index in [-0.39, 0.29) is 0 Å². The Hall–Kier alpha value is -1.38. The van der Waals surface area contributed by atoms with Crippen LogP contribution < -0.4 is 5.46 Å². The molecule has 15 heavy (non-hydrogen) atoms. The molecule has 0 saturated heterocycles. The molecule has 2 N–H and O–H groups in total. The van der Waals surface area contributed by atoms with Gasteiger partial charge < -0.3 is 10.0 Å². The monoisotopic (exact) mass is 202 g/mol. The van der Waals surface area contributed by atoms with Crippen LogP contribution in [0.4, 0.5) is 0 Å². The average molecular weight is 202 g/mol. The highest BCUT2D eigenvalue weighted by Gasteiger charge is 2.40. The van der Waals surface area contributed by atoms with Crippen LogP contribution in [0.2, 0.25) is 0 Å². The molecule has 0 aliphatic heterocycles. The van der Waals surface area contributed by atoms with Crippen LogP contribution in [0.5, 0.6) is 0 Å². The summed E-state index contributed by atoms with van der Waals surface area (Å²) in [4.78, 5) is 4.12. The van der Waals surface area contributed by atoms with E-state index in [4.69, 9.17) is 15.3 Å². The lowest BCUT2D eigenvalue weighted by atomic mass is 9.67. The fraction of sp³-hybridized carbons (Fsp3) is 0.400. The van der Waals surface area contributed by atoms with E-state index >= 15 is 0 Å². The predicted molar refractivity (Wildman–Crippen MR) is 55.2 cm³/mol. The summed E-state index contributed by atoms with van der Waals surface area (Å²) in [6.45, 7) is 0. The lowest BCUT2D eigenvalue weighted by Crippen LogP contribution is -2.35. The number of nitrogens with zero attached hydrogens (tertiary/aromatic N) is 2. The highest BCUT2D eigenvalue weighted by atomic mass is 16.4. The third kappa shape index (κ3) is 1.62. The van der Waals surface area contributed by atoms with Crippen LogP contribution in [0.25, 0.3) is 0 Å². The van der Waals surface area contributed by atoms with Gasteiger partial charge in [-0.2, -0.15) is 5.26 Å². The van der Waals surface area contributed by atoms with Crippen molar-refractivity contribution in [1.82, 2.24) is 4.98 Å². The maximum atomic E-state index is 9.08. The second-order valence-electron chi connectivity index (χ2n) is 3.90. The highest BCUT2D eigenvalue weighted by molar-refractivity contribution is 6.58. The van der Waals surface area contributed by atoms with Gasteiger partial charge in [0.2, 0.25) is 0 Å². The molecule has 76 valence electrons. The third-order valence-electron chi connectivity index (χ3n) is 3.00. The van der Waals surface area contributed by atoms with Crippen molar-refractivity contribution in [2.24, 2.45) is 0 Å². The molecule has 0 bridgehead atoms. The topological polar surface area (TPSA) is 77.1 Å². The maximum Gasteiger partial charge on any atom is 0.490 e. The summed E-state index contributed by atoms with van der Waals surface area (Å²) in [5.41, 5.74) is 0.658. The van der Waals surface area contributed by atoms with Gasteiger partial charge in [-0.25, -0.2) is 0 Å². The summed E-state index contributed by atoms with van der Waals surface area (Å²) >= 11 is 0. The molecule has 2 rings (SSSR count). The van der Waals surface area contributed by atoms with Gasteiger partial charge in [0.25, 0.3) is 0 Å². The molecule has 1 fully saturated rings. The third-order valence-corrected chi connectivity index (χ3v) is 3.00. The van der Waals surface area contributed by atoms with Crippen molar-refractivity contribution in [1.29, 1.82) is 5.26 Å². The zero-order chi connectivity index (χ0) is 10.9. The fourth-order valence-corrected chi connectivity index (χ4v) is 1.80. The van der Waals surface area contributed by atoms with Crippen LogP contribution in [0.3, 0.4) is 0 Å². The lowest BCUT2D eigenvalue weighted by Gasteiger charge is -2.34. The number of rotatable bonds is 2. The Bertz CT molecular complexity index is 393. The number of hydrogen-bond acceptors (Lipinski definition) is 4. The number of nitriles is 1. The molecule has 4 nitrogen and oxygen atoms in total. The zero-order valence-electron chi connectivity index (χ0n) is 8.22.